The zero-order valence-electron chi connectivity index (χ0n) is 15.7. The monoisotopic (exact) mass is 339 g/mol. The Morgan fingerprint density at radius 3 is 2.56 bits per heavy atom. The molecule has 2 aliphatic rings. The largest absolute Gasteiger partial charge is 0.495 e. The van der Waals surface area contributed by atoms with Crippen molar-refractivity contribution in [1.29, 1.82) is 0 Å². The molecular formula is C21H29N3O. The Labute approximate surface area is 151 Å². The summed E-state index contributed by atoms with van der Waals surface area (Å²) in [6, 6.07) is 4.13. The second-order valence-electron chi connectivity index (χ2n) is 6.99. The summed E-state index contributed by atoms with van der Waals surface area (Å²) in [4.78, 5) is 7.06. The second-order valence-corrected chi connectivity index (χ2v) is 6.99. The molecule has 0 spiro atoms. The number of likely N-dealkylation sites (tertiary alicyclic amines) is 1. The van der Waals surface area contributed by atoms with Crippen LogP contribution in [-0.4, -0.2) is 37.5 Å². The summed E-state index contributed by atoms with van der Waals surface area (Å²) in [5.74, 6) is 8.14. The van der Waals surface area contributed by atoms with Crippen LogP contribution in [0, 0.1) is 11.8 Å². The summed E-state index contributed by atoms with van der Waals surface area (Å²) < 4.78 is 5.62. The predicted octanol–water partition coefficient (Wildman–Crippen LogP) is 3.59. The zero-order chi connectivity index (χ0) is 17.9. The first-order valence-electron chi connectivity index (χ1n) is 9.43. The van der Waals surface area contributed by atoms with Crippen LogP contribution in [0.4, 0.5) is 5.69 Å². The number of methoxy groups -OCH3 is 1. The van der Waals surface area contributed by atoms with Gasteiger partial charge in [0.25, 0.3) is 0 Å². The summed E-state index contributed by atoms with van der Waals surface area (Å²) in [5.41, 5.74) is 9.15. The Hall–Kier alpha value is -1.99. The van der Waals surface area contributed by atoms with Crippen molar-refractivity contribution in [2.75, 3.05) is 26.7 Å². The van der Waals surface area contributed by atoms with E-state index in [9.17, 15) is 0 Å². The van der Waals surface area contributed by atoms with Crippen molar-refractivity contribution in [3.8, 4) is 17.6 Å². The number of hydrogen-bond acceptors (Lipinski definition) is 4. The number of ether oxygens (including phenoxy) is 1. The topological polar surface area (TPSA) is 50.8 Å². The second kappa shape index (κ2) is 7.49. The molecule has 0 saturated carbocycles. The standard InChI is InChI=1S/C21H29N3O/c1-4-21(5-2)17-15-19(25-3)16(14-18(17)23-20(21)22)10-9-13-24-11-7-6-8-12-24/h14-15H,4-8,11-13H2,1-3H3,(H2,22,23). The average molecular weight is 339 g/mol. The summed E-state index contributed by atoms with van der Waals surface area (Å²) in [7, 11) is 1.70. The predicted molar refractivity (Wildman–Crippen MR) is 104 cm³/mol. The zero-order valence-corrected chi connectivity index (χ0v) is 15.7. The van der Waals surface area contributed by atoms with E-state index in [2.05, 4.69) is 41.6 Å². The van der Waals surface area contributed by atoms with Gasteiger partial charge in [0.15, 0.2) is 0 Å². The van der Waals surface area contributed by atoms with Crippen molar-refractivity contribution >= 4 is 11.5 Å². The Morgan fingerprint density at radius 1 is 1.20 bits per heavy atom. The summed E-state index contributed by atoms with van der Waals surface area (Å²) in [6.07, 6.45) is 5.80. The number of fused-ring (bicyclic) bond motifs is 1. The average Bonchev–Trinajstić information content (AvgIpc) is 2.92. The lowest BCUT2D eigenvalue weighted by molar-refractivity contribution is 0.255. The minimum absolute atomic E-state index is 0.164. The van der Waals surface area contributed by atoms with Crippen molar-refractivity contribution in [2.24, 2.45) is 10.7 Å². The first-order valence-corrected chi connectivity index (χ1v) is 9.43. The van der Waals surface area contributed by atoms with Crippen LogP contribution >= 0.6 is 0 Å². The molecule has 1 aromatic rings. The van der Waals surface area contributed by atoms with Crippen molar-refractivity contribution in [3.05, 3.63) is 23.3 Å². The third kappa shape index (κ3) is 3.26. The molecule has 1 saturated heterocycles. The van der Waals surface area contributed by atoms with Gasteiger partial charge in [0.05, 0.1) is 30.3 Å². The van der Waals surface area contributed by atoms with Gasteiger partial charge in [-0.25, -0.2) is 4.99 Å². The van der Waals surface area contributed by atoms with Gasteiger partial charge in [0, 0.05) is 0 Å². The van der Waals surface area contributed by atoms with E-state index < -0.39 is 0 Å². The molecule has 0 atom stereocenters. The molecule has 2 heterocycles. The van der Waals surface area contributed by atoms with E-state index >= 15 is 0 Å². The fourth-order valence-electron chi connectivity index (χ4n) is 4.04. The van der Waals surface area contributed by atoms with Gasteiger partial charge < -0.3 is 10.5 Å². The van der Waals surface area contributed by atoms with Crippen LogP contribution < -0.4 is 10.5 Å². The molecule has 2 aliphatic heterocycles. The number of amidine groups is 1. The summed E-state index contributed by atoms with van der Waals surface area (Å²) in [5, 5.41) is 0. The van der Waals surface area contributed by atoms with Crippen LogP contribution in [-0.2, 0) is 5.41 Å². The third-order valence-corrected chi connectivity index (χ3v) is 5.75. The van der Waals surface area contributed by atoms with Crippen molar-refractivity contribution in [3.63, 3.8) is 0 Å². The van der Waals surface area contributed by atoms with Gasteiger partial charge in [-0.1, -0.05) is 32.1 Å². The van der Waals surface area contributed by atoms with Crippen molar-refractivity contribution in [2.45, 2.75) is 51.4 Å². The number of aliphatic imine (C=N–C) groups is 1. The van der Waals surface area contributed by atoms with E-state index in [0.29, 0.717) is 5.84 Å². The lowest BCUT2D eigenvalue weighted by Crippen LogP contribution is -2.37. The maximum absolute atomic E-state index is 6.29. The number of nitrogens with zero attached hydrogens (tertiary/aromatic N) is 2. The van der Waals surface area contributed by atoms with Crippen LogP contribution in [0.2, 0.25) is 0 Å². The minimum atomic E-state index is -0.164. The van der Waals surface area contributed by atoms with Crippen LogP contribution in [0.3, 0.4) is 0 Å². The molecule has 134 valence electrons. The van der Waals surface area contributed by atoms with Crippen molar-refractivity contribution in [1.82, 2.24) is 4.90 Å². The summed E-state index contributed by atoms with van der Waals surface area (Å²) in [6.45, 7) is 7.47. The fraction of sp³-hybridized carbons (Fsp3) is 0.571. The summed E-state index contributed by atoms with van der Waals surface area (Å²) >= 11 is 0. The highest BCUT2D eigenvalue weighted by atomic mass is 16.5. The first-order chi connectivity index (χ1) is 12.1. The molecule has 3 rings (SSSR count). The van der Waals surface area contributed by atoms with Gasteiger partial charge in [-0.2, -0.15) is 0 Å². The van der Waals surface area contributed by atoms with Crippen LogP contribution in [0.1, 0.15) is 57.1 Å². The number of rotatable bonds is 4. The fourth-order valence-corrected chi connectivity index (χ4v) is 4.04. The molecule has 1 fully saturated rings. The van der Waals surface area contributed by atoms with Gasteiger partial charge in [-0.15, -0.1) is 0 Å². The van der Waals surface area contributed by atoms with E-state index in [0.717, 1.165) is 49.5 Å². The van der Waals surface area contributed by atoms with Crippen molar-refractivity contribution < 1.29 is 4.74 Å². The third-order valence-electron chi connectivity index (χ3n) is 5.75. The van der Waals surface area contributed by atoms with E-state index in [1.807, 2.05) is 6.07 Å². The number of hydrogen-bond donors (Lipinski definition) is 1. The number of piperidine rings is 1. The first kappa shape index (κ1) is 17.8. The molecule has 25 heavy (non-hydrogen) atoms. The highest BCUT2D eigenvalue weighted by Gasteiger charge is 2.40. The van der Waals surface area contributed by atoms with Gasteiger partial charge in [-0.3, -0.25) is 4.90 Å². The molecule has 0 amide bonds. The van der Waals surface area contributed by atoms with Crippen LogP contribution in [0.5, 0.6) is 5.75 Å². The Balaban J connectivity index is 1.89. The minimum Gasteiger partial charge on any atom is -0.495 e. The van der Waals surface area contributed by atoms with Crippen LogP contribution in [0.15, 0.2) is 17.1 Å². The lowest BCUT2D eigenvalue weighted by atomic mass is 9.75. The normalized spacial score (nSPS) is 18.9. The van der Waals surface area contributed by atoms with Crippen LogP contribution in [0.25, 0.3) is 0 Å². The molecule has 4 nitrogen and oxygen atoms in total. The maximum Gasteiger partial charge on any atom is 0.134 e. The Kier molecular flexibility index (Phi) is 5.34. The smallest absolute Gasteiger partial charge is 0.134 e. The lowest BCUT2D eigenvalue weighted by Gasteiger charge is -2.27. The Bertz CT molecular complexity index is 717. The molecule has 4 heteroatoms. The molecule has 0 bridgehead atoms. The molecular weight excluding hydrogens is 310 g/mol. The van der Waals surface area contributed by atoms with E-state index in [4.69, 9.17) is 10.5 Å². The van der Waals surface area contributed by atoms with Gasteiger partial charge in [-0.05, 0) is 56.5 Å². The highest BCUT2D eigenvalue weighted by molar-refractivity contribution is 5.99. The van der Waals surface area contributed by atoms with Gasteiger partial charge in [0.1, 0.15) is 11.6 Å². The molecule has 0 aromatic heterocycles. The number of nitrogens with two attached hydrogens (primary N) is 1. The van der Waals surface area contributed by atoms with E-state index in [1.54, 1.807) is 7.11 Å². The van der Waals surface area contributed by atoms with E-state index in [1.165, 1.54) is 24.8 Å². The SMILES string of the molecule is CCC1(CC)C(N)=Nc2cc(C#CCN3CCCCC3)c(OC)cc21. The highest BCUT2D eigenvalue weighted by Crippen LogP contribution is 2.46. The molecule has 0 radical (unpaired) electrons. The molecule has 1 aromatic carbocycles. The molecule has 0 unspecified atom stereocenters. The number of benzene rings is 1. The molecule has 0 aliphatic carbocycles. The maximum atomic E-state index is 6.29. The molecule has 2 N–H and O–H groups in total. The van der Waals surface area contributed by atoms with E-state index in [-0.39, 0.29) is 5.41 Å². The van der Waals surface area contributed by atoms with Gasteiger partial charge >= 0.3 is 0 Å². The van der Waals surface area contributed by atoms with Gasteiger partial charge in [0.2, 0.25) is 0 Å². The quantitative estimate of drug-likeness (QED) is 0.853. The Morgan fingerprint density at radius 2 is 1.92 bits per heavy atom.